The lowest BCUT2D eigenvalue weighted by atomic mass is 9.91. The summed E-state index contributed by atoms with van der Waals surface area (Å²) >= 11 is 0. The van der Waals surface area contributed by atoms with Crippen molar-refractivity contribution in [3.63, 3.8) is 0 Å². The normalized spacial score (nSPS) is 20.7. The number of hydrogen-bond donors (Lipinski definition) is 2. The van der Waals surface area contributed by atoms with E-state index >= 15 is 0 Å². The Morgan fingerprint density at radius 1 is 1.17 bits per heavy atom. The molecule has 0 aliphatic carbocycles. The van der Waals surface area contributed by atoms with Crippen LogP contribution in [-0.2, 0) is 11.2 Å². The molecule has 2 aromatic carbocycles. The van der Waals surface area contributed by atoms with Gasteiger partial charge in [0.25, 0.3) is 5.91 Å². The number of ether oxygens (including phenoxy) is 1. The molecule has 0 fully saturated rings. The molecule has 2 heterocycles. The number of benzene rings is 2. The van der Waals surface area contributed by atoms with Gasteiger partial charge in [0.1, 0.15) is 11.4 Å². The zero-order valence-electron chi connectivity index (χ0n) is 17.3. The Labute approximate surface area is 175 Å². The monoisotopic (exact) mass is 410 g/mol. The highest BCUT2D eigenvalue weighted by Crippen LogP contribution is 2.40. The standard InChI is InChI=1S/C23H26N2O5/c1-23(2,3)30-22(29)24-12-11-14-7-6-10-18(26)19(14)17(24)13-25-20(27)15-8-4-5-9-16(15)21(25)28/h4-10,17,20,26-27H,11-13H2,1-3H3. The van der Waals surface area contributed by atoms with Crippen LogP contribution in [0.15, 0.2) is 42.5 Å². The minimum absolute atomic E-state index is 0.0402. The number of amides is 2. The molecular formula is C23H26N2O5. The zero-order valence-corrected chi connectivity index (χ0v) is 17.3. The molecule has 7 heteroatoms. The molecule has 0 bridgehead atoms. The molecule has 0 spiro atoms. The second-order valence-corrected chi connectivity index (χ2v) is 8.71. The molecule has 30 heavy (non-hydrogen) atoms. The van der Waals surface area contributed by atoms with E-state index in [9.17, 15) is 19.8 Å². The maximum atomic E-state index is 13.0. The summed E-state index contributed by atoms with van der Waals surface area (Å²) in [5.74, 6) is -0.241. The summed E-state index contributed by atoms with van der Waals surface area (Å²) in [7, 11) is 0. The van der Waals surface area contributed by atoms with Crippen molar-refractivity contribution in [3.8, 4) is 5.75 Å². The maximum absolute atomic E-state index is 13.0. The third-order valence-electron chi connectivity index (χ3n) is 5.53. The van der Waals surface area contributed by atoms with Crippen LogP contribution in [-0.4, -0.2) is 50.7 Å². The molecule has 158 valence electrons. The van der Waals surface area contributed by atoms with E-state index in [4.69, 9.17) is 4.74 Å². The van der Waals surface area contributed by atoms with Gasteiger partial charge < -0.3 is 19.8 Å². The number of carbonyl (C=O) groups is 2. The number of phenolic OH excluding ortho intramolecular Hbond substituents is 1. The summed E-state index contributed by atoms with van der Waals surface area (Å²) < 4.78 is 5.58. The molecule has 4 rings (SSSR count). The third-order valence-corrected chi connectivity index (χ3v) is 5.53. The highest BCUT2D eigenvalue weighted by molar-refractivity contribution is 5.99. The van der Waals surface area contributed by atoms with Crippen LogP contribution >= 0.6 is 0 Å². The van der Waals surface area contributed by atoms with Gasteiger partial charge in [-0.15, -0.1) is 0 Å². The van der Waals surface area contributed by atoms with Crippen molar-refractivity contribution in [2.24, 2.45) is 0 Å². The topological polar surface area (TPSA) is 90.3 Å². The first-order valence-electron chi connectivity index (χ1n) is 10.1. The first-order valence-corrected chi connectivity index (χ1v) is 10.1. The van der Waals surface area contributed by atoms with E-state index in [-0.39, 0.29) is 18.2 Å². The van der Waals surface area contributed by atoms with Gasteiger partial charge in [0.2, 0.25) is 0 Å². The summed E-state index contributed by atoms with van der Waals surface area (Å²) in [6, 6.07) is 11.5. The molecule has 0 saturated carbocycles. The molecule has 0 aromatic heterocycles. The fourth-order valence-electron chi connectivity index (χ4n) is 4.20. The second kappa shape index (κ2) is 7.32. The Morgan fingerprint density at radius 3 is 2.60 bits per heavy atom. The number of phenols is 1. The summed E-state index contributed by atoms with van der Waals surface area (Å²) in [6.45, 7) is 5.80. The maximum Gasteiger partial charge on any atom is 0.410 e. The van der Waals surface area contributed by atoms with Gasteiger partial charge in [-0.2, -0.15) is 0 Å². The number of aliphatic hydroxyl groups is 1. The van der Waals surface area contributed by atoms with Crippen molar-refractivity contribution in [1.82, 2.24) is 9.80 Å². The fourth-order valence-corrected chi connectivity index (χ4v) is 4.20. The smallest absolute Gasteiger partial charge is 0.410 e. The number of hydrogen-bond acceptors (Lipinski definition) is 5. The molecule has 2 amide bonds. The van der Waals surface area contributed by atoms with E-state index in [2.05, 4.69) is 0 Å². The summed E-state index contributed by atoms with van der Waals surface area (Å²) in [4.78, 5) is 28.8. The van der Waals surface area contributed by atoms with E-state index < -0.39 is 24.0 Å². The zero-order chi connectivity index (χ0) is 21.6. The van der Waals surface area contributed by atoms with Crippen molar-refractivity contribution in [2.75, 3.05) is 13.1 Å². The number of aromatic hydroxyl groups is 1. The van der Waals surface area contributed by atoms with Crippen LogP contribution in [0.2, 0.25) is 0 Å². The van der Waals surface area contributed by atoms with Crippen LogP contribution in [0.3, 0.4) is 0 Å². The fraction of sp³-hybridized carbons (Fsp3) is 0.391. The highest BCUT2D eigenvalue weighted by Gasteiger charge is 2.42. The van der Waals surface area contributed by atoms with E-state index in [0.717, 1.165) is 5.56 Å². The quantitative estimate of drug-likeness (QED) is 0.792. The van der Waals surface area contributed by atoms with Gasteiger partial charge in [0.15, 0.2) is 6.23 Å². The molecule has 0 saturated heterocycles. The van der Waals surface area contributed by atoms with Gasteiger partial charge in [0, 0.05) is 29.8 Å². The molecular weight excluding hydrogens is 384 g/mol. The lowest BCUT2D eigenvalue weighted by molar-refractivity contribution is -0.0119. The Morgan fingerprint density at radius 2 is 1.90 bits per heavy atom. The Kier molecular flexibility index (Phi) is 4.94. The average Bonchev–Trinajstić information content (AvgIpc) is 2.92. The SMILES string of the molecule is CC(C)(C)OC(=O)N1CCc2cccc(O)c2C1CN1C(=O)c2ccccc2C1O. The minimum Gasteiger partial charge on any atom is -0.508 e. The van der Waals surface area contributed by atoms with E-state index in [1.54, 1.807) is 57.2 Å². The number of aliphatic hydroxyl groups excluding tert-OH is 1. The van der Waals surface area contributed by atoms with E-state index in [0.29, 0.717) is 29.7 Å². The minimum atomic E-state index is -1.11. The summed E-state index contributed by atoms with van der Waals surface area (Å²) in [5, 5.41) is 21.4. The Balaban J connectivity index is 1.71. The molecule has 2 atom stereocenters. The largest absolute Gasteiger partial charge is 0.508 e. The van der Waals surface area contributed by atoms with Gasteiger partial charge >= 0.3 is 6.09 Å². The third kappa shape index (κ3) is 3.50. The van der Waals surface area contributed by atoms with E-state index in [1.807, 2.05) is 6.07 Å². The first-order chi connectivity index (χ1) is 14.2. The number of carbonyl (C=O) groups excluding carboxylic acids is 2. The number of nitrogens with zero attached hydrogens (tertiary/aromatic N) is 2. The van der Waals surface area contributed by atoms with Crippen molar-refractivity contribution in [1.29, 1.82) is 0 Å². The molecule has 2 unspecified atom stereocenters. The second-order valence-electron chi connectivity index (χ2n) is 8.71. The average molecular weight is 410 g/mol. The lowest BCUT2D eigenvalue weighted by Crippen LogP contribution is -2.47. The van der Waals surface area contributed by atoms with Crippen molar-refractivity contribution in [3.05, 3.63) is 64.7 Å². The van der Waals surface area contributed by atoms with Crippen molar-refractivity contribution < 1.29 is 24.5 Å². The number of rotatable bonds is 2. The van der Waals surface area contributed by atoms with E-state index in [1.165, 1.54) is 9.80 Å². The van der Waals surface area contributed by atoms with Crippen LogP contribution in [0.25, 0.3) is 0 Å². The molecule has 2 aliphatic heterocycles. The van der Waals surface area contributed by atoms with Gasteiger partial charge in [-0.25, -0.2) is 4.79 Å². The molecule has 7 nitrogen and oxygen atoms in total. The summed E-state index contributed by atoms with van der Waals surface area (Å²) in [5.41, 5.74) is 1.81. The van der Waals surface area contributed by atoms with Gasteiger partial charge in [-0.05, 0) is 44.9 Å². The highest BCUT2D eigenvalue weighted by atomic mass is 16.6. The van der Waals surface area contributed by atoms with Gasteiger partial charge in [-0.1, -0.05) is 30.3 Å². The first kappa shape index (κ1) is 20.2. The molecule has 2 aromatic rings. The molecule has 2 N–H and O–H groups in total. The van der Waals surface area contributed by atoms with Crippen LogP contribution in [0.4, 0.5) is 4.79 Å². The Bertz CT molecular complexity index is 997. The predicted octanol–water partition coefficient (Wildman–Crippen LogP) is 3.37. The summed E-state index contributed by atoms with van der Waals surface area (Å²) in [6.07, 6.45) is -1.05. The Hall–Kier alpha value is -3.06. The van der Waals surface area contributed by atoms with Crippen molar-refractivity contribution in [2.45, 2.75) is 45.1 Å². The lowest BCUT2D eigenvalue weighted by Gasteiger charge is -2.40. The van der Waals surface area contributed by atoms with Gasteiger partial charge in [-0.3, -0.25) is 9.69 Å². The van der Waals surface area contributed by atoms with Crippen LogP contribution < -0.4 is 0 Å². The van der Waals surface area contributed by atoms with Crippen LogP contribution in [0.1, 0.15) is 60.1 Å². The van der Waals surface area contributed by atoms with Crippen molar-refractivity contribution >= 4 is 12.0 Å². The van der Waals surface area contributed by atoms with Gasteiger partial charge in [0.05, 0.1) is 6.04 Å². The van der Waals surface area contributed by atoms with Crippen LogP contribution in [0.5, 0.6) is 5.75 Å². The molecule has 2 aliphatic rings. The van der Waals surface area contributed by atoms with Crippen LogP contribution in [0, 0.1) is 0 Å². The molecule has 0 radical (unpaired) electrons. The number of fused-ring (bicyclic) bond motifs is 2. The predicted molar refractivity (Wildman–Crippen MR) is 110 cm³/mol.